The van der Waals surface area contributed by atoms with Gasteiger partial charge in [-0.25, -0.2) is 8.78 Å². The third-order valence-corrected chi connectivity index (χ3v) is 2.41. The molecule has 0 fully saturated rings. The van der Waals surface area contributed by atoms with E-state index in [1.54, 1.807) is 6.92 Å². The van der Waals surface area contributed by atoms with E-state index in [1.807, 2.05) is 0 Å². The molecule has 0 saturated carbocycles. The van der Waals surface area contributed by atoms with Gasteiger partial charge in [-0.2, -0.15) is 0 Å². The van der Waals surface area contributed by atoms with E-state index in [1.165, 1.54) is 6.07 Å². The molecule has 0 aliphatic heterocycles. The van der Waals surface area contributed by atoms with Crippen LogP contribution in [-0.2, 0) is 0 Å². The number of hydrogen-bond acceptors (Lipinski definition) is 3. The predicted octanol–water partition coefficient (Wildman–Crippen LogP) is 2.42. The maximum atomic E-state index is 13.6. The third-order valence-electron chi connectivity index (χ3n) is 2.17. The fourth-order valence-corrected chi connectivity index (χ4v) is 1.47. The van der Waals surface area contributed by atoms with Crippen molar-refractivity contribution in [1.29, 1.82) is 0 Å². The van der Waals surface area contributed by atoms with Crippen molar-refractivity contribution in [3.05, 3.63) is 41.1 Å². The molecular weight excluding hydrogens is 260 g/mol. The molecule has 94 valence electrons. The van der Waals surface area contributed by atoms with Crippen molar-refractivity contribution in [3.8, 4) is 11.6 Å². The number of ether oxygens (including phenoxy) is 1. The summed E-state index contributed by atoms with van der Waals surface area (Å²) in [6, 6.07) is 3.54. The smallest absolute Gasteiger partial charge is 0.238 e. The molecule has 2 rings (SSSR count). The van der Waals surface area contributed by atoms with Gasteiger partial charge in [0.15, 0.2) is 11.6 Å². The first kappa shape index (κ1) is 12.4. The van der Waals surface area contributed by atoms with Crippen molar-refractivity contribution in [2.24, 2.45) is 5.73 Å². The van der Waals surface area contributed by atoms with Crippen LogP contribution in [0.3, 0.4) is 0 Å². The number of aromatic nitrogens is 2. The van der Waals surface area contributed by atoms with Crippen molar-refractivity contribution in [1.82, 2.24) is 10.2 Å². The molecule has 0 aliphatic carbocycles. The summed E-state index contributed by atoms with van der Waals surface area (Å²) in [5.41, 5.74) is 6.11. The Morgan fingerprint density at radius 2 is 1.94 bits per heavy atom. The molecule has 0 radical (unpaired) electrons. The van der Waals surface area contributed by atoms with Crippen molar-refractivity contribution < 1.29 is 13.5 Å². The van der Waals surface area contributed by atoms with Crippen LogP contribution in [-0.4, -0.2) is 15.2 Å². The topological polar surface area (TPSA) is 63.9 Å². The minimum absolute atomic E-state index is 0.0772. The molecule has 0 bridgehead atoms. The number of nitrogens with zero attached hydrogens (tertiary/aromatic N) is 1. The molecule has 0 aliphatic rings. The third kappa shape index (κ3) is 2.45. The first-order valence-electron chi connectivity index (χ1n) is 4.96. The van der Waals surface area contributed by atoms with E-state index in [2.05, 4.69) is 22.4 Å². The van der Waals surface area contributed by atoms with Crippen LogP contribution >= 0.6 is 12.2 Å². The average Bonchev–Trinajstić information content (AvgIpc) is 2.69. The monoisotopic (exact) mass is 269 g/mol. The van der Waals surface area contributed by atoms with Crippen LogP contribution in [0.15, 0.2) is 18.2 Å². The van der Waals surface area contributed by atoms with Gasteiger partial charge >= 0.3 is 0 Å². The second-order valence-electron chi connectivity index (χ2n) is 3.62. The average molecular weight is 269 g/mol. The van der Waals surface area contributed by atoms with E-state index in [4.69, 9.17) is 10.5 Å². The Bertz CT molecular complexity index is 589. The van der Waals surface area contributed by atoms with Crippen molar-refractivity contribution in [3.63, 3.8) is 0 Å². The minimum atomic E-state index is -0.890. The highest BCUT2D eigenvalue weighted by Gasteiger charge is 2.15. The van der Waals surface area contributed by atoms with Crippen LogP contribution in [0.2, 0.25) is 0 Å². The first-order chi connectivity index (χ1) is 8.47. The molecular formula is C11H9F2N3OS. The number of aromatic amines is 1. The summed E-state index contributed by atoms with van der Waals surface area (Å²) >= 11 is 4.64. The standard InChI is InChI=1S/C11H9F2N3OS/c1-5-2-9(16-15-5)17-10-7(12)3-6(11(14)18)4-8(10)13/h2-4H,1H3,(H2,14,18)(H,15,16). The molecule has 0 amide bonds. The van der Waals surface area contributed by atoms with Crippen LogP contribution in [0.25, 0.3) is 0 Å². The predicted molar refractivity (Wildman–Crippen MR) is 65.6 cm³/mol. The molecule has 1 aromatic carbocycles. The zero-order chi connectivity index (χ0) is 13.3. The van der Waals surface area contributed by atoms with Gasteiger partial charge in [-0.15, -0.1) is 5.10 Å². The molecule has 1 heterocycles. The summed E-state index contributed by atoms with van der Waals surface area (Å²) in [6.45, 7) is 1.74. The second kappa shape index (κ2) is 4.69. The Balaban J connectivity index is 2.37. The molecule has 0 unspecified atom stereocenters. The number of rotatable bonds is 3. The maximum absolute atomic E-state index is 13.6. The molecule has 18 heavy (non-hydrogen) atoms. The first-order valence-corrected chi connectivity index (χ1v) is 5.37. The van der Waals surface area contributed by atoms with Crippen LogP contribution in [0.1, 0.15) is 11.3 Å². The van der Waals surface area contributed by atoms with Crippen molar-refractivity contribution in [2.45, 2.75) is 6.92 Å². The fraction of sp³-hybridized carbons (Fsp3) is 0.0909. The lowest BCUT2D eigenvalue weighted by Crippen LogP contribution is -2.10. The van der Waals surface area contributed by atoms with Gasteiger partial charge in [0.05, 0.1) is 0 Å². The van der Waals surface area contributed by atoms with Gasteiger partial charge in [-0.05, 0) is 19.1 Å². The lowest BCUT2D eigenvalue weighted by atomic mass is 10.2. The number of nitrogens with one attached hydrogen (secondary N) is 1. The van der Waals surface area contributed by atoms with E-state index in [9.17, 15) is 8.78 Å². The van der Waals surface area contributed by atoms with Gasteiger partial charge in [0.2, 0.25) is 11.6 Å². The minimum Gasteiger partial charge on any atom is -0.431 e. The second-order valence-corrected chi connectivity index (χ2v) is 4.06. The van der Waals surface area contributed by atoms with Gasteiger partial charge in [-0.1, -0.05) is 12.2 Å². The van der Waals surface area contributed by atoms with E-state index in [0.29, 0.717) is 5.69 Å². The highest BCUT2D eigenvalue weighted by atomic mass is 32.1. The molecule has 3 N–H and O–H groups in total. The number of H-pyrrole nitrogens is 1. The molecule has 1 aromatic heterocycles. The van der Waals surface area contributed by atoms with Gasteiger partial charge in [0, 0.05) is 17.3 Å². The largest absolute Gasteiger partial charge is 0.431 e. The van der Waals surface area contributed by atoms with Crippen molar-refractivity contribution >= 4 is 17.2 Å². The molecule has 0 atom stereocenters. The quantitative estimate of drug-likeness (QED) is 0.840. The SMILES string of the molecule is Cc1cc(Oc2c(F)cc(C(N)=S)cc2F)n[nH]1. The Kier molecular flexibility index (Phi) is 3.24. The van der Waals surface area contributed by atoms with Gasteiger partial charge in [0.25, 0.3) is 0 Å². The summed E-state index contributed by atoms with van der Waals surface area (Å²) in [4.78, 5) is -0.0880. The van der Waals surface area contributed by atoms with E-state index in [0.717, 1.165) is 12.1 Å². The lowest BCUT2D eigenvalue weighted by molar-refractivity contribution is 0.395. The van der Waals surface area contributed by atoms with Crippen LogP contribution < -0.4 is 10.5 Å². The highest BCUT2D eigenvalue weighted by molar-refractivity contribution is 7.80. The Morgan fingerprint density at radius 3 is 2.39 bits per heavy atom. The number of hydrogen-bond donors (Lipinski definition) is 2. The summed E-state index contributed by atoms with van der Waals surface area (Å²) in [6.07, 6.45) is 0. The van der Waals surface area contributed by atoms with Gasteiger partial charge in [-0.3, -0.25) is 5.10 Å². The summed E-state index contributed by atoms with van der Waals surface area (Å²) < 4.78 is 32.3. The summed E-state index contributed by atoms with van der Waals surface area (Å²) in [7, 11) is 0. The zero-order valence-electron chi connectivity index (χ0n) is 9.33. The summed E-state index contributed by atoms with van der Waals surface area (Å²) in [5.74, 6) is -2.24. The van der Waals surface area contributed by atoms with Crippen LogP contribution in [0, 0.1) is 18.6 Å². The summed E-state index contributed by atoms with van der Waals surface area (Å²) in [5, 5.41) is 6.32. The van der Waals surface area contributed by atoms with E-state index in [-0.39, 0.29) is 16.4 Å². The number of benzene rings is 1. The Morgan fingerprint density at radius 1 is 1.33 bits per heavy atom. The normalized spacial score (nSPS) is 10.4. The van der Waals surface area contributed by atoms with Crippen molar-refractivity contribution in [2.75, 3.05) is 0 Å². The lowest BCUT2D eigenvalue weighted by Gasteiger charge is -2.07. The number of thiocarbonyl (C=S) groups is 1. The molecule has 2 aromatic rings. The fourth-order valence-electron chi connectivity index (χ4n) is 1.35. The highest BCUT2D eigenvalue weighted by Crippen LogP contribution is 2.27. The number of nitrogens with two attached hydrogens (primary N) is 1. The molecule has 7 heteroatoms. The van der Waals surface area contributed by atoms with Crippen LogP contribution in [0.5, 0.6) is 11.6 Å². The van der Waals surface area contributed by atoms with E-state index >= 15 is 0 Å². The maximum Gasteiger partial charge on any atom is 0.238 e. The van der Waals surface area contributed by atoms with E-state index < -0.39 is 17.4 Å². The molecule has 0 saturated heterocycles. The number of aryl methyl sites for hydroxylation is 1. The van der Waals surface area contributed by atoms with Crippen LogP contribution in [0.4, 0.5) is 8.78 Å². The Labute approximate surface area is 107 Å². The van der Waals surface area contributed by atoms with Gasteiger partial charge < -0.3 is 10.5 Å². The van der Waals surface area contributed by atoms with Gasteiger partial charge in [0.1, 0.15) is 4.99 Å². The molecule has 0 spiro atoms. The molecule has 4 nitrogen and oxygen atoms in total. The Hall–Kier alpha value is -2.02. The number of halogens is 2. The zero-order valence-corrected chi connectivity index (χ0v) is 10.1.